The molecule has 14 nitrogen and oxygen atoms in total. The van der Waals surface area contributed by atoms with Crippen LogP contribution in [0.5, 0.6) is 11.5 Å². The predicted molar refractivity (Wildman–Crippen MR) is 161 cm³/mol. The number of pyridine rings is 1. The summed E-state index contributed by atoms with van der Waals surface area (Å²) < 4.78 is 11.9. The van der Waals surface area contributed by atoms with Gasteiger partial charge < -0.3 is 35.2 Å². The minimum atomic E-state index is -1.26. The fourth-order valence-corrected chi connectivity index (χ4v) is 4.28. The fraction of sp³-hybridized carbons (Fsp3) is 0.333. The summed E-state index contributed by atoms with van der Waals surface area (Å²) in [6.07, 6.45) is 4.34. The van der Waals surface area contributed by atoms with Gasteiger partial charge in [0.25, 0.3) is 5.91 Å². The molecule has 15 heteroatoms. The number of aryl methyl sites for hydroxylation is 1. The van der Waals surface area contributed by atoms with E-state index in [9.17, 15) is 24.0 Å². The van der Waals surface area contributed by atoms with Gasteiger partial charge in [0.1, 0.15) is 18.4 Å². The van der Waals surface area contributed by atoms with Crippen molar-refractivity contribution >= 4 is 41.4 Å². The lowest BCUT2D eigenvalue weighted by Crippen LogP contribution is -2.45. The van der Waals surface area contributed by atoms with Crippen molar-refractivity contribution in [2.45, 2.75) is 25.9 Å². The van der Waals surface area contributed by atoms with Crippen LogP contribution in [0.3, 0.4) is 0 Å². The van der Waals surface area contributed by atoms with Crippen LogP contribution in [-0.2, 0) is 19.2 Å². The van der Waals surface area contributed by atoms with Crippen LogP contribution in [0.2, 0.25) is 5.02 Å². The lowest BCUT2D eigenvalue weighted by molar-refractivity contribution is -0.134. The quantitative estimate of drug-likeness (QED) is 0.248. The first-order valence-corrected chi connectivity index (χ1v) is 14.0. The normalized spacial score (nSPS) is 16.1. The summed E-state index contributed by atoms with van der Waals surface area (Å²) in [6, 6.07) is 11.0. The van der Waals surface area contributed by atoms with E-state index in [1.54, 1.807) is 12.1 Å². The number of fused-ring (bicyclic) bond motifs is 1. The third kappa shape index (κ3) is 14.9. The zero-order chi connectivity index (χ0) is 33.4. The van der Waals surface area contributed by atoms with E-state index in [0.717, 1.165) is 49.7 Å². The number of halogens is 1. The van der Waals surface area contributed by atoms with Crippen LogP contribution in [-0.4, -0.2) is 99.0 Å². The van der Waals surface area contributed by atoms with E-state index in [2.05, 4.69) is 15.2 Å². The minimum Gasteiger partial charge on any atom is -0.486 e. The van der Waals surface area contributed by atoms with Crippen LogP contribution < -0.4 is 14.8 Å². The van der Waals surface area contributed by atoms with Crippen molar-refractivity contribution in [3.8, 4) is 11.5 Å². The van der Waals surface area contributed by atoms with Crippen LogP contribution in [0.1, 0.15) is 29.0 Å². The number of aliphatic carboxylic acids is 4. The molecule has 2 aromatic rings. The number of ether oxygens (including phenoxy) is 2. The largest absolute Gasteiger partial charge is 0.486 e. The van der Waals surface area contributed by atoms with Crippen LogP contribution in [0.25, 0.3) is 0 Å². The van der Waals surface area contributed by atoms with Gasteiger partial charge in [-0.2, -0.15) is 0 Å². The van der Waals surface area contributed by atoms with Crippen molar-refractivity contribution in [3.05, 3.63) is 77.1 Å². The fourth-order valence-electron chi connectivity index (χ4n) is 4.12. The Morgan fingerprint density at radius 3 is 2.02 bits per heavy atom. The first kappa shape index (κ1) is 36.2. The monoisotopic (exact) mass is 647 g/mol. The van der Waals surface area contributed by atoms with Crippen molar-refractivity contribution in [1.82, 2.24) is 15.2 Å². The zero-order valence-corrected chi connectivity index (χ0v) is 25.1. The first-order valence-electron chi connectivity index (χ1n) is 13.6. The Morgan fingerprint density at radius 2 is 1.49 bits per heavy atom. The molecular weight excluding hydrogens is 614 g/mol. The molecule has 1 fully saturated rings. The Labute approximate surface area is 263 Å². The zero-order valence-electron chi connectivity index (χ0n) is 24.3. The van der Waals surface area contributed by atoms with Gasteiger partial charge >= 0.3 is 23.9 Å². The number of likely N-dealkylation sites (tertiary alicyclic amines) is 1. The van der Waals surface area contributed by atoms with E-state index in [1.165, 1.54) is 0 Å². The number of rotatable bonds is 9. The molecule has 45 heavy (non-hydrogen) atoms. The summed E-state index contributed by atoms with van der Waals surface area (Å²) in [5.41, 5.74) is 1.34. The molecule has 1 atom stereocenters. The van der Waals surface area contributed by atoms with E-state index in [1.807, 2.05) is 31.2 Å². The van der Waals surface area contributed by atoms with Gasteiger partial charge in [0.2, 0.25) is 0 Å². The molecule has 242 valence electrons. The Hall–Kier alpha value is -4.95. The highest BCUT2D eigenvalue weighted by atomic mass is 35.5. The van der Waals surface area contributed by atoms with Crippen LogP contribution >= 0.6 is 11.6 Å². The van der Waals surface area contributed by atoms with Crippen LogP contribution in [0, 0.1) is 12.8 Å². The number of benzene rings is 1. The Morgan fingerprint density at radius 1 is 0.911 bits per heavy atom. The number of hydrogen-bond acceptors (Lipinski definition) is 9. The van der Waals surface area contributed by atoms with Crippen molar-refractivity contribution < 1.29 is 53.9 Å². The molecule has 0 spiro atoms. The van der Waals surface area contributed by atoms with Crippen molar-refractivity contribution in [3.63, 3.8) is 0 Å². The van der Waals surface area contributed by atoms with Crippen molar-refractivity contribution in [1.29, 1.82) is 0 Å². The second-order valence-electron chi connectivity index (χ2n) is 9.78. The molecule has 0 saturated carbocycles. The number of nitrogens with one attached hydrogen (secondary N) is 1. The van der Waals surface area contributed by atoms with Gasteiger partial charge in [-0.05, 0) is 63.0 Å². The molecule has 0 bridgehead atoms. The summed E-state index contributed by atoms with van der Waals surface area (Å²) >= 11 is 6.05. The molecule has 0 unspecified atom stereocenters. The standard InChI is InChI=1S/C22H26ClN3O3.2C4H4O4/c1-15-3-2-4-19(25-15)22(27)24-12-16-7-9-26(10-8-16)13-18-14-28-20-6-5-17(23)11-21(20)29-18;2*5-3(6)1-2-4(7)8/h2-6,11,16,18H,7-10,12-14H2,1H3,(H,24,27);2*1-2H,(H,5,6)(H,7,8)/t18-;;/m0../s1. The maximum atomic E-state index is 12.3. The SMILES string of the molecule is Cc1cccc(C(=O)NCC2CCN(C[C@H]3COc4ccc(Cl)cc4O3)CC2)n1.O=C(O)C=CC(=O)O.O=C(O)C=CC(=O)O. The van der Waals surface area contributed by atoms with E-state index in [4.69, 9.17) is 41.5 Å². The van der Waals surface area contributed by atoms with Crippen LogP contribution in [0.4, 0.5) is 0 Å². The van der Waals surface area contributed by atoms with Crippen LogP contribution in [0.15, 0.2) is 60.7 Å². The Bertz CT molecular complexity index is 1340. The van der Waals surface area contributed by atoms with Gasteiger partial charge in [-0.1, -0.05) is 17.7 Å². The van der Waals surface area contributed by atoms with Gasteiger partial charge in [-0.25, -0.2) is 24.2 Å². The minimum absolute atomic E-state index is 0.00427. The highest BCUT2D eigenvalue weighted by molar-refractivity contribution is 6.30. The van der Waals surface area contributed by atoms with E-state index in [0.29, 0.717) is 54.1 Å². The van der Waals surface area contributed by atoms with Crippen molar-refractivity contribution in [2.24, 2.45) is 5.92 Å². The first-order chi connectivity index (χ1) is 21.3. The maximum absolute atomic E-state index is 12.3. The molecule has 0 radical (unpaired) electrons. The maximum Gasteiger partial charge on any atom is 0.328 e. The van der Waals surface area contributed by atoms with Gasteiger partial charge in [0.05, 0.1) is 0 Å². The van der Waals surface area contributed by atoms with E-state index >= 15 is 0 Å². The Balaban J connectivity index is 0.000000365. The molecule has 3 heterocycles. The van der Waals surface area contributed by atoms with Gasteiger partial charge in [-0.3, -0.25) is 9.69 Å². The number of aromatic nitrogens is 1. The summed E-state index contributed by atoms with van der Waals surface area (Å²) in [7, 11) is 0. The predicted octanol–water partition coefficient (Wildman–Crippen LogP) is 2.75. The molecular formula is C30H34ClN3O11. The molecule has 5 N–H and O–H groups in total. The molecule has 1 amide bonds. The van der Waals surface area contributed by atoms with Gasteiger partial charge in [0, 0.05) is 54.2 Å². The summed E-state index contributed by atoms with van der Waals surface area (Å²) in [5, 5.41) is 34.9. The third-order valence-electron chi connectivity index (χ3n) is 6.20. The molecule has 1 saturated heterocycles. The number of piperidine rings is 1. The van der Waals surface area contributed by atoms with Crippen molar-refractivity contribution in [2.75, 3.05) is 32.8 Å². The molecule has 2 aliphatic rings. The Kier molecular flexibility index (Phi) is 15.0. The number of nitrogens with zero attached hydrogens (tertiary/aromatic N) is 2. The second-order valence-corrected chi connectivity index (χ2v) is 10.2. The second kappa shape index (κ2) is 18.7. The molecule has 1 aromatic carbocycles. The van der Waals surface area contributed by atoms with E-state index in [-0.39, 0.29) is 12.0 Å². The van der Waals surface area contributed by atoms with Gasteiger partial charge in [0.15, 0.2) is 11.5 Å². The summed E-state index contributed by atoms with van der Waals surface area (Å²) in [6.45, 7) is 5.95. The molecule has 4 rings (SSSR count). The number of amides is 1. The number of carboxylic acid groups (broad SMARTS) is 4. The summed E-state index contributed by atoms with van der Waals surface area (Å²) in [4.78, 5) is 57.2. The summed E-state index contributed by atoms with van der Waals surface area (Å²) in [5.74, 6) is -3.16. The smallest absolute Gasteiger partial charge is 0.328 e. The number of carboxylic acids is 4. The highest BCUT2D eigenvalue weighted by Gasteiger charge is 2.26. The highest BCUT2D eigenvalue weighted by Crippen LogP contribution is 2.34. The topological polar surface area (TPSA) is 213 Å². The molecule has 2 aliphatic heterocycles. The average molecular weight is 648 g/mol. The molecule has 1 aromatic heterocycles. The van der Waals surface area contributed by atoms with Gasteiger partial charge in [-0.15, -0.1) is 0 Å². The number of carbonyl (C=O) groups is 5. The van der Waals surface area contributed by atoms with E-state index < -0.39 is 23.9 Å². The number of hydrogen-bond donors (Lipinski definition) is 5. The average Bonchev–Trinajstić information content (AvgIpc) is 2.99. The third-order valence-corrected chi connectivity index (χ3v) is 6.44. The molecule has 0 aliphatic carbocycles. The number of carbonyl (C=O) groups excluding carboxylic acids is 1. The lowest BCUT2D eigenvalue weighted by Gasteiger charge is -2.35. The lowest BCUT2D eigenvalue weighted by atomic mass is 9.96.